The highest BCUT2D eigenvalue weighted by Crippen LogP contribution is 2.25. The van der Waals surface area contributed by atoms with E-state index in [1.165, 1.54) is 5.56 Å². The number of tetrazole rings is 1. The zero-order valence-corrected chi connectivity index (χ0v) is 16.1. The molecule has 0 fully saturated rings. The van der Waals surface area contributed by atoms with Crippen molar-refractivity contribution in [3.8, 4) is 5.69 Å². The maximum absolute atomic E-state index is 4.51. The maximum atomic E-state index is 4.51. The van der Waals surface area contributed by atoms with Gasteiger partial charge in [-0.1, -0.05) is 60.3 Å². The number of nitrogens with zero attached hydrogens (tertiary/aromatic N) is 6. The molecular formula is C20H20N6S. The van der Waals surface area contributed by atoms with E-state index >= 15 is 0 Å². The Hall–Kier alpha value is -2.93. The molecule has 2 aromatic carbocycles. The molecule has 0 bridgehead atoms. The average Bonchev–Trinajstić information content (AvgIpc) is 3.30. The van der Waals surface area contributed by atoms with Crippen LogP contribution in [0.4, 0.5) is 0 Å². The highest BCUT2D eigenvalue weighted by molar-refractivity contribution is 7.98. The van der Waals surface area contributed by atoms with Gasteiger partial charge in [0.25, 0.3) is 0 Å². The van der Waals surface area contributed by atoms with E-state index in [4.69, 9.17) is 0 Å². The van der Waals surface area contributed by atoms with Gasteiger partial charge < -0.3 is 4.57 Å². The van der Waals surface area contributed by atoms with Crippen LogP contribution in [0.25, 0.3) is 5.69 Å². The zero-order valence-electron chi connectivity index (χ0n) is 15.3. The van der Waals surface area contributed by atoms with E-state index in [9.17, 15) is 0 Å². The van der Waals surface area contributed by atoms with Crippen LogP contribution in [0.2, 0.25) is 0 Å². The van der Waals surface area contributed by atoms with Crippen molar-refractivity contribution in [3.63, 3.8) is 0 Å². The summed E-state index contributed by atoms with van der Waals surface area (Å²) in [7, 11) is 0. The van der Waals surface area contributed by atoms with Crippen molar-refractivity contribution in [3.05, 3.63) is 83.4 Å². The van der Waals surface area contributed by atoms with Gasteiger partial charge in [-0.2, -0.15) is 4.68 Å². The Balaban J connectivity index is 1.53. The second-order valence-electron chi connectivity index (χ2n) is 6.36. The molecule has 27 heavy (non-hydrogen) atoms. The lowest BCUT2D eigenvalue weighted by Crippen LogP contribution is -2.06. The van der Waals surface area contributed by atoms with E-state index in [2.05, 4.69) is 75.3 Å². The fourth-order valence-electron chi connectivity index (χ4n) is 3.08. The number of hydrogen-bond donors (Lipinski definition) is 0. The molecule has 4 aromatic rings. The van der Waals surface area contributed by atoms with Crippen LogP contribution in [0.5, 0.6) is 0 Å². The molecule has 2 heterocycles. The predicted molar refractivity (Wildman–Crippen MR) is 106 cm³/mol. The van der Waals surface area contributed by atoms with E-state index in [-0.39, 0.29) is 0 Å². The smallest absolute Gasteiger partial charge is 0.214 e. The number of rotatable bonds is 6. The number of aromatic nitrogens is 6. The van der Waals surface area contributed by atoms with Crippen LogP contribution < -0.4 is 0 Å². The van der Waals surface area contributed by atoms with Crippen molar-refractivity contribution >= 4 is 11.8 Å². The third-order valence-electron chi connectivity index (χ3n) is 4.42. The first kappa shape index (κ1) is 17.5. The lowest BCUT2D eigenvalue weighted by Gasteiger charge is -2.11. The zero-order chi connectivity index (χ0) is 18.6. The van der Waals surface area contributed by atoms with E-state index in [0.717, 1.165) is 34.3 Å². The minimum absolute atomic E-state index is 0.700. The Morgan fingerprint density at radius 3 is 2.52 bits per heavy atom. The number of aryl methyl sites for hydroxylation is 2. The van der Waals surface area contributed by atoms with E-state index in [1.54, 1.807) is 11.8 Å². The SMILES string of the molecule is Cc1cccc(C)c1-n1nnnc1SCc1nccn1Cc1ccccc1. The van der Waals surface area contributed by atoms with Gasteiger partial charge in [0.05, 0.1) is 11.4 Å². The lowest BCUT2D eigenvalue weighted by atomic mass is 10.1. The first-order chi connectivity index (χ1) is 13.2. The van der Waals surface area contributed by atoms with Crippen LogP contribution in [-0.2, 0) is 12.3 Å². The highest BCUT2D eigenvalue weighted by Gasteiger charge is 2.14. The van der Waals surface area contributed by atoms with Crippen molar-refractivity contribution in [1.82, 2.24) is 29.8 Å². The topological polar surface area (TPSA) is 61.4 Å². The molecule has 0 amide bonds. The number of imidazole rings is 1. The molecule has 0 aliphatic rings. The van der Waals surface area contributed by atoms with Gasteiger partial charge in [-0.25, -0.2) is 4.98 Å². The molecule has 4 rings (SSSR count). The first-order valence-electron chi connectivity index (χ1n) is 8.74. The second kappa shape index (κ2) is 7.75. The minimum Gasteiger partial charge on any atom is -0.330 e. The summed E-state index contributed by atoms with van der Waals surface area (Å²) in [4.78, 5) is 4.51. The van der Waals surface area contributed by atoms with Gasteiger partial charge in [0.1, 0.15) is 5.82 Å². The van der Waals surface area contributed by atoms with Gasteiger partial charge in [-0.15, -0.1) is 5.10 Å². The van der Waals surface area contributed by atoms with Crippen LogP contribution in [0.15, 0.2) is 66.1 Å². The van der Waals surface area contributed by atoms with Crippen molar-refractivity contribution in [1.29, 1.82) is 0 Å². The number of para-hydroxylation sites is 1. The predicted octanol–water partition coefficient (Wildman–Crippen LogP) is 3.82. The van der Waals surface area contributed by atoms with Crippen LogP contribution in [0.3, 0.4) is 0 Å². The number of benzene rings is 2. The van der Waals surface area contributed by atoms with Crippen LogP contribution >= 0.6 is 11.8 Å². The fourth-order valence-corrected chi connectivity index (χ4v) is 3.93. The molecular weight excluding hydrogens is 356 g/mol. The van der Waals surface area contributed by atoms with Crippen LogP contribution in [0.1, 0.15) is 22.5 Å². The van der Waals surface area contributed by atoms with E-state index in [1.807, 2.05) is 29.2 Å². The summed E-state index contributed by atoms with van der Waals surface area (Å²) in [5.74, 6) is 1.70. The standard InChI is InChI=1S/C20H20N6S/c1-15-7-6-8-16(2)19(15)26-20(22-23-24-26)27-14-18-21-11-12-25(18)13-17-9-4-3-5-10-17/h3-12H,13-14H2,1-2H3. The van der Waals surface area contributed by atoms with Gasteiger partial charge in [-0.05, 0) is 41.0 Å². The molecule has 0 saturated heterocycles. The molecule has 0 aliphatic carbocycles. The van der Waals surface area contributed by atoms with Gasteiger partial charge in [-0.3, -0.25) is 0 Å². The van der Waals surface area contributed by atoms with Crippen LogP contribution in [0, 0.1) is 13.8 Å². The second-order valence-corrected chi connectivity index (χ2v) is 7.30. The summed E-state index contributed by atoms with van der Waals surface area (Å²) in [6.07, 6.45) is 3.85. The molecule has 0 atom stereocenters. The Morgan fingerprint density at radius 2 is 1.74 bits per heavy atom. The van der Waals surface area contributed by atoms with E-state index in [0.29, 0.717) is 5.75 Å². The number of thioether (sulfide) groups is 1. The normalized spacial score (nSPS) is 11.0. The summed E-state index contributed by atoms with van der Waals surface area (Å²) >= 11 is 1.59. The highest BCUT2D eigenvalue weighted by atomic mass is 32.2. The molecule has 7 heteroatoms. The Kier molecular flexibility index (Phi) is 5.02. The monoisotopic (exact) mass is 376 g/mol. The summed E-state index contributed by atoms with van der Waals surface area (Å²) < 4.78 is 3.98. The molecule has 0 N–H and O–H groups in total. The molecule has 0 spiro atoms. The van der Waals surface area contributed by atoms with Gasteiger partial charge >= 0.3 is 0 Å². The Labute approximate surface area is 162 Å². The van der Waals surface area contributed by atoms with Crippen LogP contribution in [-0.4, -0.2) is 29.8 Å². The summed E-state index contributed by atoms with van der Waals surface area (Å²) in [6, 6.07) is 16.6. The van der Waals surface area contributed by atoms with E-state index < -0.39 is 0 Å². The average molecular weight is 376 g/mol. The molecule has 0 unspecified atom stereocenters. The largest absolute Gasteiger partial charge is 0.330 e. The quantitative estimate of drug-likeness (QED) is 0.479. The Bertz CT molecular complexity index is 1020. The molecule has 2 aromatic heterocycles. The molecule has 0 aliphatic heterocycles. The lowest BCUT2D eigenvalue weighted by molar-refractivity contribution is 0.742. The van der Waals surface area contributed by atoms with Gasteiger partial charge in [0.15, 0.2) is 0 Å². The van der Waals surface area contributed by atoms with Gasteiger partial charge in [0.2, 0.25) is 5.16 Å². The number of hydrogen-bond acceptors (Lipinski definition) is 5. The third-order valence-corrected chi connectivity index (χ3v) is 5.34. The van der Waals surface area contributed by atoms with Crippen molar-refractivity contribution in [2.45, 2.75) is 31.3 Å². The summed E-state index contributed by atoms with van der Waals surface area (Å²) in [5, 5.41) is 13.1. The molecule has 0 saturated carbocycles. The maximum Gasteiger partial charge on any atom is 0.214 e. The minimum atomic E-state index is 0.700. The third kappa shape index (κ3) is 3.78. The fraction of sp³-hybridized carbons (Fsp3) is 0.200. The molecule has 136 valence electrons. The van der Waals surface area contributed by atoms with Gasteiger partial charge in [0, 0.05) is 18.9 Å². The molecule has 0 radical (unpaired) electrons. The summed E-state index contributed by atoms with van der Waals surface area (Å²) in [6.45, 7) is 4.95. The van der Waals surface area contributed by atoms with Crippen molar-refractivity contribution < 1.29 is 0 Å². The Morgan fingerprint density at radius 1 is 0.963 bits per heavy atom. The van der Waals surface area contributed by atoms with Crippen molar-refractivity contribution in [2.24, 2.45) is 0 Å². The van der Waals surface area contributed by atoms with Crippen molar-refractivity contribution in [2.75, 3.05) is 0 Å². The summed E-state index contributed by atoms with van der Waals surface area (Å²) in [5.41, 5.74) is 4.59. The molecule has 6 nitrogen and oxygen atoms in total. The first-order valence-corrected chi connectivity index (χ1v) is 9.72.